The minimum absolute atomic E-state index is 0.263. The van der Waals surface area contributed by atoms with E-state index in [1.165, 1.54) is 18.4 Å². The van der Waals surface area contributed by atoms with Crippen molar-refractivity contribution in [2.45, 2.75) is 31.7 Å². The molecular weight excluding hydrogens is 296 g/mol. The van der Waals surface area contributed by atoms with Crippen LogP contribution in [0.2, 0.25) is 0 Å². The zero-order valence-electron chi connectivity index (χ0n) is 13.2. The summed E-state index contributed by atoms with van der Waals surface area (Å²) >= 11 is 1.63. The number of hydrogen-bond acceptors (Lipinski definition) is 4. The van der Waals surface area contributed by atoms with Crippen LogP contribution in [0, 0.1) is 5.92 Å². The van der Waals surface area contributed by atoms with Crippen molar-refractivity contribution in [3.05, 3.63) is 21.9 Å². The summed E-state index contributed by atoms with van der Waals surface area (Å²) < 4.78 is 5.46. The van der Waals surface area contributed by atoms with Crippen LogP contribution < -0.4 is 0 Å². The molecule has 1 aromatic heterocycles. The normalized spacial score (nSPS) is 30.0. The summed E-state index contributed by atoms with van der Waals surface area (Å²) in [5.74, 6) is 1.46. The van der Waals surface area contributed by atoms with Crippen molar-refractivity contribution in [2.75, 3.05) is 39.4 Å². The highest BCUT2D eigenvalue weighted by molar-refractivity contribution is 7.12. The van der Waals surface area contributed by atoms with Crippen LogP contribution in [0.3, 0.4) is 0 Å². The van der Waals surface area contributed by atoms with Crippen LogP contribution in [0.15, 0.2) is 11.4 Å². The summed E-state index contributed by atoms with van der Waals surface area (Å²) in [5.41, 5.74) is 1.30. The Bertz CT molecular complexity index is 549. The monoisotopic (exact) mass is 320 g/mol. The van der Waals surface area contributed by atoms with Gasteiger partial charge in [0, 0.05) is 32.2 Å². The predicted octanol–water partition coefficient (Wildman–Crippen LogP) is 2.42. The van der Waals surface area contributed by atoms with Gasteiger partial charge in [0.05, 0.1) is 18.1 Å². The minimum Gasteiger partial charge on any atom is -0.379 e. The first kappa shape index (κ1) is 14.7. The zero-order valence-corrected chi connectivity index (χ0v) is 14.0. The molecule has 3 heterocycles. The highest BCUT2D eigenvalue weighted by atomic mass is 32.1. The number of likely N-dealkylation sites (tertiary alicyclic amines) is 1. The molecule has 3 fully saturated rings. The summed E-state index contributed by atoms with van der Waals surface area (Å²) in [6.07, 6.45) is 2.51. The fourth-order valence-electron chi connectivity index (χ4n) is 3.85. The first-order valence-corrected chi connectivity index (χ1v) is 9.30. The number of carbonyl (C=O) groups is 1. The Hall–Kier alpha value is -0.910. The van der Waals surface area contributed by atoms with Gasteiger partial charge in [-0.05, 0) is 41.7 Å². The van der Waals surface area contributed by atoms with E-state index in [1.54, 1.807) is 11.3 Å². The Morgan fingerprint density at radius 2 is 2.05 bits per heavy atom. The molecule has 0 spiro atoms. The van der Waals surface area contributed by atoms with Gasteiger partial charge in [-0.3, -0.25) is 9.69 Å². The van der Waals surface area contributed by atoms with Gasteiger partial charge < -0.3 is 9.64 Å². The number of nitrogens with zero attached hydrogens (tertiary/aromatic N) is 2. The smallest absolute Gasteiger partial charge is 0.264 e. The highest BCUT2D eigenvalue weighted by Gasteiger charge is 2.38. The molecule has 0 bridgehead atoms. The fourth-order valence-corrected chi connectivity index (χ4v) is 4.80. The van der Waals surface area contributed by atoms with Crippen molar-refractivity contribution in [2.24, 2.45) is 5.92 Å². The molecule has 2 aliphatic heterocycles. The number of morpholine rings is 1. The average Bonchev–Trinajstić information content (AvgIpc) is 3.14. The molecule has 4 rings (SSSR count). The van der Waals surface area contributed by atoms with Gasteiger partial charge in [0.15, 0.2) is 0 Å². The Labute approximate surface area is 136 Å². The molecule has 0 N–H and O–H groups in total. The van der Waals surface area contributed by atoms with Crippen molar-refractivity contribution in [3.8, 4) is 0 Å². The molecule has 1 aliphatic carbocycles. The second kappa shape index (κ2) is 5.95. The van der Waals surface area contributed by atoms with E-state index in [0.29, 0.717) is 17.9 Å². The van der Waals surface area contributed by atoms with E-state index >= 15 is 0 Å². The Kier molecular flexibility index (Phi) is 3.96. The molecule has 120 valence electrons. The molecule has 2 unspecified atom stereocenters. The maximum Gasteiger partial charge on any atom is 0.264 e. The second-order valence-corrected chi connectivity index (χ2v) is 7.80. The van der Waals surface area contributed by atoms with E-state index < -0.39 is 0 Å². The van der Waals surface area contributed by atoms with Gasteiger partial charge in [-0.2, -0.15) is 0 Å². The van der Waals surface area contributed by atoms with E-state index in [9.17, 15) is 4.79 Å². The third-order valence-electron chi connectivity index (χ3n) is 5.28. The summed E-state index contributed by atoms with van der Waals surface area (Å²) in [5, 5.41) is 2.08. The van der Waals surface area contributed by atoms with Crippen LogP contribution in [0.4, 0.5) is 0 Å². The molecule has 0 aromatic carbocycles. The van der Waals surface area contributed by atoms with Crippen molar-refractivity contribution < 1.29 is 9.53 Å². The number of ether oxygens (including phenoxy) is 1. The van der Waals surface area contributed by atoms with E-state index in [0.717, 1.165) is 44.3 Å². The van der Waals surface area contributed by atoms with Gasteiger partial charge in [0.2, 0.25) is 0 Å². The number of carbonyl (C=O) groups excluding carboxylic acids is 1. The predicted molar refractivity (Wildman–Crippen MR) is 87.5 cm³/mol. The van der Waals surface area contributed by atoms with Gasteiger partial charge in [0.1, 0.15) is 0 Å². The third-order valence-corrected chi connectivity index (χ3v) is 6.20. The van der Waals surface area contributed by atoms with Crippen LogP contribution >= 0.6 is 11.3 Å². The quantitative estimate of drug-likeness (QED) is 0.857. The van der Waals surface area contributed by atoms with Crippen molar-refractivity contribution in [3.63, 3.8) is 0 Å². The summed E-state index contributed by atoms with van der Waals surface area (Å²) in [4.78, 5) is 18.5. The van der Waals surface area contributed by atoms with E-state index in [2.05, 4.69) is 28.2 Å². The van der Waals surface area contributed by atoms with Gasteiger partial charge in [0.25, 0.3) is 5.91 Å². The van der Waals surface area contributed by atoms with Crippen LogP contribution in [0.25, 0.3) is 0 Å². The molecule has 3 aliphatic rings. The Morgan fingerprint density at radius 1 is 1.27 bits per heavy atom. The highest BCUT2D eigenvalue weighted by Crippen LogP contribution is 2.43. The Morgan fingerprint density at radius 3 is 2.77 bits per heavy atom. The summed E-state index contributed by atoms with van der Waals surface area (Å²) in [6.45, 7) is 7.71. The molecule has 22 heavy (non-hydrogen) atoms. The molecule has 1 amide bonds. The fraction of sp³-hybridized carbons (Fsp3) is 0.706. The van der Waals surface area contributed by atoms with Crippen molar-refractivity contribution >= 4 is 17.2 Å². The molecule has 2 saturated heterocycles. The standard InChI is InChI=1S/C17H24N2O2S/c1-12-10-19(11-15(12)18-5-7-21-8-6-18)17(20)16-14(4-9-22-16)13-2-3-13/h4,9,12-13,15H,2-3,5-8,10-11H2,1H3. The zero-order chi connectivity index (χ0) is 15.1. The number of rotatable bonds is 3. The Balaban J connectivity index is 1.46. The SMILES string of the molecule is CC1CN(C(=O)c2sccc2C2CC2)CC1N1CCOCC1. The summed E-state index contributed by atoms with van der Waals surface area (Å²) in [6, 6.07) is 2.66. The van der Waals surface area contributed by atoms with Gasteiger partial charge in [-0.1, -0.05) is 6.92 Å². The topological polar surface area (TPSA) is 32.8 Å². The van der Waals surface area contributed by atoms with E-state index in [-0.39, 0.29) is 5.91 Å². The lowest BCUT2D eigenvalue weighted by Gasteiger charge is -2.33. The number of thiophene rings is 1. The molecule has 2 atom stereocenters. The van der Waals surface area contributed by atoms with Gasteiger partial charge in [-0.25, -0.2) is 0 Å². The average molecular weight is 320 g/mol. The molecule has 1 saturated carbocycles. The first-order chi connectivity index (χ1) is 10.7. The lowest BCUT2D eigenvalue weighted by atomic mass is 10.0. The second-order valence-electron chi connectivity index (χ2n) is 6.88. The van der Waals surface area contributed by atoms with Gasteiger partial charge >= 0.3 is 0 Å². The van der Waals surface area contributed by atoms with Gasteiger partial charge in [-0.15, -0.1) is 11.3 Å². The lowest BCUT2D eigenvalue weighted by molar-refractivity contribution is 0.0119. The van der Waals surface area contributed by atoms with Crippen LogP contribution in [-0.4, -0.2) is 61.1 Å². The van der Waals surface area contributed by atoms with Crippen molar-refractivity contribution in [1.29, 1.82) is 0 Å². The number of hydrogen-bond donors (Lipinski definition) is 0. The molecule has 4 nitrogen and oxygen atoms in total. The minimum atomic E-state index is 0.263. The van der Waals surface area contributed by atoms with Crippen LogP contribution in [-0.2, 0) is 4.74 Å². The maximum atomic E-state index is 12.9. The maximum absolute atomic E-state index is 12.9. The van der Waals surface area contributed by atoms with Crippen LogP contribution in [0.5, 0.6) is 0 Å². The molecule has 5 heteroatoms. The first-order valence-electron chi connectivity index (χ1n) is 8.42. The van der Waals surface area contributed by atoms with Crippen molar-refractivity contribution in [1.82, 2.24) is 9.80 Å². The molecule has 1 aromatic rings. The van der Waals surface area contributed by atoms with Crippen LogP contribution in [0.1, 0.15) is 40.9 Å². The van der Waals surface area contributed by atoms with E-state index in [4.69, 9.17) is 4.74 Å². The third kappa shape index (κ3) is 2.70. The van der Waals surface area contributed by atoms with E-state index in [1.807, 2.05) is 0 Å². The largest absolute Gasteiger partial charge is 0.379 e. The lowest BCUT2D eigenvalue weighted by Crippen LogP contribution is -2.47. The number of amides is 1. The molecular formula is C17H24N2O2S. The summed E-state index contributed by atoms with van der Waals surface area (Å²) in [7, 11) is 0. The molecule has 0 radical (unpaired) electrons.